The number of fused-ring (bicyclic) bond motifs is 1. The van der Waals surface area contributed by atoms with E-state index in [1.54, 1.807) is 24.0 Å². The van der Waals surface area contributed by atoms with Gasteiger partial charge in [-0.25, -0.2) is 4.79 Å². The molecule has 0 bridgehead atoms. The van der Waals surface area contributed by atoms with Crippen molar-refractivity contribution in [1.29, 1.82) is 0 Å². The van der Waals surface area contributed by atoms with Gasteiger partial charge < -0.3 is 15.2 Å². The lowest BCUT2D eigenvalue weighted by molar-refractivity contribution is -0.153. The number of carbonyl (C=O) groups excluding carboxylic acids is 1. The van der Waals surface area contributed by atoms with Crippen LogP contribution in [0.5, 0.6) is 0 Å². The maximum Gasteiger partial charge on any atom is 0.415 e. The highest BCUT2D eigenvalue weighted by atomic mass is 32.2. The van der Waals surface area contributed by atoms with E-state index in [0.29, 0.717) is 12.1 Å². The van der Waals surface area contributed by atoms with E-state index < -0.39 is 11.7 Å². The molecule has 0 aliphatic heterocycles. The molecule has 2 N–H and O–H groups in total. The first-order valence-corrected chi connectivity index (χ1v) is 10.1. The molecule has 0 fully saturated rings. The van der Waals surface area contributed by atoms with Crippen LogP contribution in [0.3, 0.4) is 0 Å². The molecule has 0 aliphatic rings. The number of rotatable bonds is 6. The van der Waals surface area contributed by atoms with Gasteiger partial charge in [0.25, 0.3) is 0 Å². The molecular weight excluding hydrogens is 388 g/mol. The average Bonchev–Trinajstić information content (AvgIpc) is 3.05. The van der Waals surface area contributed by atoms with Gasteiger partial charge in [-0.1, -0.05) is 30.0 Å². The molecule has 1 aromatic heterocycles. The molecule has 0 unspecified atom stereocenters. The number of hydrogen-bond acceptors (Lipinski definition) is 5. The topological polar surface area (TPSA) is 80.6 Å². The van der Waals surface area contributed by atoms with Gasteiger partial charge in [0, 0.05) is 27.9 Å². The fourth-order valence-electron chi connectivity index (χ4n) is 2.90. The van der Waals surface area contributed by atoms with Crippen molar-refractivity contribution in [3.8, 4) is 0 Å². The zero-order valence-electron chi connectivity index (χ0n) is 16.6. The summed E-state index contributed by atoms with van der Waals surface area (Å²) >= 11 is 1.60. The number of carbonyl (C=O) groups is 2. The lowest BCUT2D eigenvalue weighted by Gasteiger charge is -2.19. The number of nitrogens with zero attached hydrogens (tertiary/aromatic N) is 1. The van der Waals surface area contributed by atoms with Gasteiger partial charge in [-0.15, -0.1) is 0 Å². The van der Waals surface area contributed by atoms with Crippen LogP contribution in [0.1, 0.15) is 26.3 Å². The normalized spacial score (nSPS) is 11.6. The smallest absolute Gasteiger partial charge is 0.415 e. The summed E-state index contributed by atoms with van der Waals surface area (Å²) in [5.74, 6) is -0.281. The highest BCUT2D eigenvalue weighted by molar-refractivity contribution is 7.99. The first-order chi connectivity index (χ1) is 13.7. The number of hydrogen-bond donors (Lipinski definition) is 2. The zero-order chi connectivity index (χ0) is 21.0. The van der Waals surface area contributed by atoms with Crippen LogP contribution < -0.4 is 5.32 Å². The molecule has 6 nitrogen and oxygen atoms in total. The SMILES string of the molecule is CC(C)(C)OC(=O)CNCc1ccccc1Sc1ccc2c(ccn2C(=O)O)c1. The van der Waals surface area contributed by atoms with E-state index in [2.05, 4.69) is 5.32 Å². The monoisotopic (exact) mass is 412 g/mol. The average molecular weight is 413 g/mol. The Balaban J connectivity index is 1.68. The Bertz CT molecular complexity index is 1040. The molecule has 7 heteroatoms. The lowest BCUT2D eigenvalue weighted by atomic mass is 10.2. The van der Waals surface area contributed by atoms with E-state index in [-0.39, 0.29) is 12.5 Å². The van der Waals surface area contributed by atoms with Crippen LogP contribution in [0.15, 0.2) is 64.5 Å². The van der Waals surface area contributed by atoms with Gasteiger partial charge in [0.05, 0.1) is 12.1 Å². The summed E-state index contributed by atoms with van der Waals surface area (Å²) in [7, 11) is 0. The molecule has 3 rings (SSSR count). The summed E-state index contributed by atoms with van der Waals surface area (Å²) in [6, 6.07) is 15.5. The van der Waals surface area contributed by atoms with E-state index in [0.717, 1.165) is 20.7 Å². The summed E-state index contributed by atoms with van der Waals surface area (Å²) in [5.41, 5.74) is 1.24. The van der Waals surface area contributed by atoms with Crippen molar-refractivity contribution in [1.82, 2.24) is 9.88 Å². The highest BCUT2D eigenvalue weighted by Crippen LogP contribution is 2.32. The van der Waals surface area contributed by atoms with Crippen LogP contribution in [0.25, 0.3) is 10.9 Å². The van der Waals surface area contributed by atoms with Crippen LogP contribution >= 0.6 is 11.8 Å². The van der Waals surface area contributed by atoms with Crippen molar-refractivity contribution in [3.63, 3.8) is 0 Å². The van der Waals surface area contributed by atoms with Gasteiger partial charge >= 0.3 is 12.1 Å². The van der Waals surface area contributed by atoms with Crippen LogP contribution in [0.4, 0.5) is 4.79 Å². The Morgan fingerprint density at radius 3 is 2.62 bits per heavy atom. The predicted octanol–water partition coefficient (Wildman–Crippen LogP) is 4.75. The minimum absolute atomic E-state index is 0.144. The second-order valence-electron chi connectivity index (χ2n) is 7.59. The third-order valence-electron chi connectivity index (χ3n) is 4.07. The van der Waals surface area contributed by atoms with Crippen molar-refractivity contribution >= 4 is 34.7 Å². The largest absolute Gasteiger partial charge is 0.464 e. The van der Waals surface area contributed by atoms with Crippen LogP contribution in [0, 0.1) is 0 Å². The van der Waals surface area contributed by atoms with Gasteiger partial charge in [-0.2, -0.15) is 0 Å². The number of ether oxygens (including phenoxy) is 1. The quantitative estimate of drug-likeness (QED) is 0.569. The van der Waals surface area contributed by atoms with Crippen molar-refractivity contribution in [3.05, 3.63) is 60.3 Å². The maximum atomic E-state index is 11.9. The maximum absolute atomic E-state index is 11.9. The molecule has 152 valence electrons. The second kappa shape index (κ2) is 8.71. The molecule has 0 radical (unpaired) electrons. The van der Waals surface area contributed by atoms with Gasteiger partial charge in [0.15, 0.2) is 0 Å². The minimum Gasteiger partial charge on any atom is -0.464 e. The van der Waals surface area contributed by atoms with Crippen molar-refractivity contribution < 1.29 is 19.4 Å². The van der Waals surface area contributed by atoms with Crippen molar-refractivity contribution in [2.75, 3.05) is 6.54 Å². The van der Waals surface area contributed by atoms with Gasteiger partial charge in [-0.3, -0.25) is 9.36 Å². The molecule has 3 aromatic rings. The minimum atomic E-state index is -0.998. The molecular formula is C22H24N2O4S. The van der Waals surface area contributed by atoms with Gasteiger partial charge in [-0.05, 0) is 56.7 Å². The molecule has 0 spiro atoms. The van der Waals surface area contributed by atoms with Crippen molar-refractivity contribution in [2.45, 2.75) is 42.7 Å². The zero-order valence-corrected chi connectivity index (χ0v) is 17.5. The Hall–Kier alpha value is -2.77. The number of benzene rings is 2. The van der Waals surface area contributed by atoms with Gasteiger partial charge in [0.2, 0.25) is 0 Å². The standard InChI is InChI=1S/C22H24N2O4S/c1-22(2,3)28-20(25)14-23-13-16-6-4-5-7-19(16)29-17-8-9-18-15(12-17)10-11-24(18)21(26)27/h4-12,23H,13-14H2,1-3H3,(H,26,27). The van der Waals surface area contributed by atoms with E-state index in [9.17, 15) is 14.7 Å². The fourth-order valence-corrected chi connectivity index (χ4v) is 3.90. The molecule has 0 amide bonds. The highest BCUT2D eigenvalue weighted by Gasteiger charge is 2.16. The first-order valence-electron chi connectivity index (χ1n) is 9.26. The van der Waals surface area contributed by atoms with Crippen LogP contribution in [-0.2, 0) is 16.1 Å². The summed E-state index contributed by atoms with van der Waals surface area (Å²) < 4.78 is 6.52. The number of aromatic nitrogens is 1. The number of carboxylic acid groups (broad SMARTS) is 1. The molecule has 29 heavy (non-hydrogen) atoms. The molecule has 0 aliphatic carbocycles. The van der Waals surface area contributed by atoms with Gasteiger partial charge in [0.1, 0.15) is 5.60 Å². The Morgan fingerprint density at radius 2 is 1.90 bits per heavy atom. The number of nitrogens with one attached hydrogen (secondary N) is 1. The number of esters is 1. The third kappa shape index (κ3) is 5.62. The summed E-state index contributed by atoms with van der Waals surface area (Å²) in [4.78, 5) is 25.2. The molecule has 0 saturated heterocycles. The fraction of sp³-hybridized carbons (Fsp3) is 0.273. The molecule has 2 aromatic carbocycles. The Labute approximate surface area is 173 Å². The second-order valence-corrected chi connectivity index (χ2v) is 8.70. The van der Waals surface area contributed by atoms with E-state index >= 15 is 0 Å². The first kappa shape index (κ1) is 21.0. The Morgan fingerprint density at radius 1 is 1.14 bits per heavy atom. The van der Waals surface area contributed by atoms with Crippen LogP contribution in [-0.4, -0.2) is 33.9 Å². The summed E-state index contributed by atoms with van der Waals surface area (Å²) in [6.07, 6.45) is 0.553. The molecule has 1 heterocycles. The Kier molecular flexibility index (Phi) is 6.30. The van der Waals surface area contributed by atoms with E-state index in [4.69, 9.17) is 4.74 Å². The van der Waals surface area contributed by atoms with E-state index in [1.807, 2.05) is 63.2 Å². The molecule has 0 atom stereocenters. The summed E-state index contributed by atoms with van der Waals surface area (Å²) in [6.45, 7) is 6.22. The van der Waals surface area contributed by atoms with E-state index in [1.165, 1.54) is 4.57 Å². The lowest BCUT2D eigenvalue weighted by Crippen LogP contribution is -2.31. The summed E-state index contributed by atoms with van der Waals surface area (Å²) in [5, 5.41) is 13.2. The molecule has 0 saturated carbocycles. The van der Waals surface area contributed by atoms with Crippen molar-refractivity contribution in [2.24, 2.45) is 0 Å². The predicted molar refractivity (Wildman–Crippen MR) is 113 cm³/mol. The third-order valence-corrected chi connectivity index (χ3v) is 5.18. The van der Waals surface area contributed by atoms with Crippen LogP contribution in [0.2, 0.25) is 0 Å².